The fourth-order valence-corrected chi connectivity index (χ4v) is 3.58. The second kappa shape index (κ2) is 12.7. The van der Waals surface area contributed by atoms with Crippen LogP contribution >= 0.6 is 35.7 Å². The van der Waals surface area contributed by atoms with Crippen molar-refractivity contribution in [1.82, 2.24) is 20.4 Å². The lowest BCUT2D eigenvalue weighted by Gasteiger charge is -2.14. The monoisotopic (exact) mass is 557 g/mol. The van der Waals surface area contributed by atoms with Gasteiger partial charge in [0.1, 0.15) is 11.6 Å². The van der Waals surface area contributed by atoms with Gasteiger partial charge in [0.15, 0.2) is 5.96 Å². The van der Waals surface area contributed by atoms with Crippen molar-refractivity contribution in [3.05, 3.63) is 83.2 Å². The van der Waals surface area contributed by atoms with Crippen LogP contribution in [0.2, 0.25) is 0 Å². The Bertz CT molecular complexity index is 992. The van der Waals surface area contributed by atoms with E-state index in [-0.39, 0.29) is 35.6 Å². The number of thioether (sulfide) groups is 1. The highest BCUT2D eigenvalue weighted by Crippen LogP contribution is 2.16. The molecule has 3 rings (SSSR count). The van der Waals surface area contributed by atoms with Gasteiger partial charge in [0, 0.05) is 38.5 Å². The Labute approximate surface area is 202 Å². The Hall–Kier alpha value is -2.14. The molecule has 0 bridgehead atoms. The third-order valence-electron chi connectivity index (χ3n) is 4.55. The summed E-state index contributed by atoms with van der Waals surface area (Å²) < 4.78 is 28.3. The lowest BCUT2D eigenvalue weighted by atomic mass is 10.1. The lowest BCUT2D eigenvalue weighted by Crippen LogP contribution is -2.38. The molecule has 166 valence electrons. The number of guanidine groups is 1. The zero-order chi connectivity index (χ0) is 21.3. The van der Waals surface area contributed by atoms with Crippen LogP contribution in [0.15, 0.2) is 59.7 Å². The summed E-state index contributed by atoms with van der Waals surface area (Å²) in [6, 6.07) is 13.0. The minimum atomic E-state index is -0.268. The largest absolute Gasteiger partial charge is 0.356 e. The highest BCUT2D eigenvalue weighted by molar-refractivity contribution is 14.0. The number of hydrogen-bond acceptors (Lipinski definition) is 3. The number of aliphatic imine (C=N–C) groups is 1. The fourth-order valence-electron chi connectivity index (χ4n) is 3.00. The molecule has 5 nitrogen and oxygen atoms in total. The van der Waals surface area contributed by atoms with Crippen molar-refractivity contribution >= 4 is 41.7 Å². The second-order valence-electron chi connectivity index (χ2n) is 6.68. The van der Waals surface area contributed by atoms with Crippen molar-refractivity contribution < 1.29 is 8.78 Å². The first-order valence-electron chi connectivity index (χ1n) is 9.60. The molecule has 2 N–H and O–H groups in total. The molecule has 0 fully saturated rings. The third kappa shape index (κ3) is 7.49. The molecule has 0 aliphatic heterocycles. The topological polar surface area (TPSA) is 54.2 Å². The van der Waals surface area contributed by atoms with Gasteiger partial charge in [-0.3, -0.25) is 4.99 Å². The van der Waals surface area contributed by atoms with Crippen molar-refractivity contribution in [1.29, 1.82) is 0 Å². The maximum absolute atomic E-state index is 13.5. The minimum Gasteiger partial charge on any atom is -0.356 e. The number of hydrogen-bond donors (Lipinski definition) is 2. The fraction of sp³-hybridized carbons (Fsp3) is 0.273. The van der Waals surface area contributed by atoms with Gasteiger partial charge in [0.2, 0.25) is 0 Å². The highest BCUT2D eigenvalue weighted by atomic mass is 127. The molecule has 0 spiro atoms. The van der Waals surface area contributed by atoms with E-state index in [2.05, 4.69) is 20.7 Å². The van der Waals surface area contributed by atoms with Gasteiger partial charge in [-0.25, -0.2) is 13.5 Å². The van der Waals surface area contributed by atoms with E-state index in [0.29, 0.717) is 25.5 Å². The molecule has 3 aromatic rings. The van der Waals surface area contributed by atoms with Crippen molar-refractivity contribution in [3.63, 3.8) is 0 Å². The molecule has 2 aromatic carbocycles. The molecular weight excluding hydrogens is 531 g/mol. The number of aromatic nitrogens is 2. The summed E-state index contributed by atoms with van der Waals surface area (Å²) in [5.74, 6) is 0.950. The molecule has 0 aliphatic carbocycles. The Morgan fingerprint density at radius 3 is 2.48 bits per heavy atom. The van der Waals surface area contributed by atoms with Crippen LogP contribution in [0.1, 0.15) is 16.8 Å². The van der Waals surface area contributed by atoms with Crippen molar-refractivity contribution in [2.24, 2.45) is 4.99 Å². The molecule has 9 heteroatoms. The molecule has 0 radical (unpaired) electrons. The molecule has 0 unspecified atom stereocenters. The standard InChI is InChI=1S/C22H25F2N5S.HI/c1-25-22(27-14-16-3-4-19(24)13-17(16)15-30-2)26-11-9-20-10-12-29(28-20)21-7-5-18(23)6-8-21;/h3-8,10,12-13H,9,11,14-15H2,1-2H3,(H2,25,26,27);1H. The first-order valence-corrected chi connectivity index (χ1v) is 11.0. The summed E-state index contributed by atoms with van der Waals surface area (Å²) in [4.78, 5) is 4.24. The van der Waals surface area contributed by atoms with Gasteiger partial charge in [0.05, 0.1) is 11.4 Å². The quantitative estimate of drug-likeness (QED) is 0.243. The molecule has 1 heterocycles. The highest BCUT2D eigenvalue weighted by Gasteiger charge is 2.06. The number of halogens is 3. The molecule has 0 amide bonds. The van der Waals surface area contributed by atoms with Crippen LogP contribution in [0.5, 0.6) is 0 Å². The SMILES string of the molecule is CN=C(NCCc1ccn(-c2ccc(F)cc2)n1)NCc1ccc(F)cc1CSC.I. The molecule has 0 saturated carbocycles. The molecule has 1 aromatic heterocycles. The van der Waals surface area contributed by atoms with Crippen molar-refractivity contribution in [2.75, 3.05) is 19.8 Å². The number of nitrogens with zero attached hydrogens (tertiary/aromatic N) is 3. The zero-order valence-electron chi connectivity index (χ0n) is 17.4. The molecule has 0 atom stereocenters. The van der Waals surface area contributed by atoms with E-state index in [0.717, 1.165) is 28.3 Å². The normalized spacial score (nSPS) is 11.2. The first kappa shape index (κ1) is 25.1. The number of benzene rings is 2. The minimum absolute atomic E-state index is 0. The molecule has 0 saturated heterocycles. The van der Waals surface area contributed by atoms with Crippen LogP contribution in [-0.2, 0) is 18.7 Å². The van der Waals surface area contributed by atoms with E-state index in [1.54, 1.807) is 41.7 Å². The lowest BCUT2D eigenvalue weighted by molar-refractivity contribution is 0.625. The van der Waals surface area contributed by atoms with Gasteiger partial charge in [-0.1, -0.05) is 6.07 Å². The van der Waals surface area contributed by atoms with Crippen molar-refractivity contribution in [3.8, 4) is 5.69 Å². The van der Waals surface area contributed by atoms with E-state index in [1.807, 2.05) is 24.6 Å². The summed E-state index contributed by atoms with van der Waals surface area (Å²) in [6.07, 6.45) is 4.57. The van der Waals surface area contributed by atoms with Crippen LogP contribution in [0.4, 0.5) is 8.78 Å². The summed E-state index contributed by atoms with van der Waals surface area (Å²) in [5, 5.41) is 11.1. The van der Waals surface area contributed by atoms with E-state index < -0.39 is 0 Å². The van der Waals surface area contributed by atoms with E-state index in [1.165, 1.54) is 18.2 Å². The van der Waals surface area contributed by atoms with E-state index in [9.17, 15) is 8.78 Å². The Balaban J connectivity index is 0.00000341. The third-order valence-corrected chi connectivity index (χ3v) is 5.15. The van der Waals surface area contributed by atoms with Crippen LogP contribution in [0, 0.1) is 11.6 Å². The van der Waals surface area contributed by atoms with Crippen molar-refractivity contribution in [2.45, 2.75) is 18.7 Å². The van der Waals surface area contributed by atoms with Gasteiger partial charge in [-0.05, 0) is 59.8 Å². The zero-order valence-corrected chi connectivity index (χ0v) is 20.6. The smallest absolute Gasteiger partial charge is 0.191 e. The van der Waals surface area contributed by atoms with Gasteiger partial charge in [-0.15, -0.1) is 24.0 Å². The predicted octanol–water partition coefficient (Wildman–Crippen LogP) is 4.54. The first-order chi connectivity index (χ1) is 14.6. The molecule has 31 heavy (non-hydrogen) atoms. The predicted molar refractivity (Wildman–Crippen MR) is 134 cm³/mol. The Morgan fingerprint density at radius 1 is 1.03 bits per heavy atom. The van der Waals surface area contributed by atoms with Gasteiger partial charge in [-0.2, -0.15) is 16.9 Å². The van der Waals surface area contributed by atoms with Gasteiger partial charge in [0.25, 0.3) is 0 Å². The second-order valence-corrected chi connectivity index (χ2v) is 7.54. The van der Waals surface area contributed by atoms with Gasteiger partial charge < -0.3 is 10.6 Å². The average molecular weight is 557 g/mol. The summed E-state index contributed by atoms with van der Waals surface area (Å²) >= 11 is 1.66. The Kier molecular flexibility index (Phi) is 10.3. The van der Waals surface area contributed by atoms with Crippen LogP contribution in [-0.4, -0.2) is 35.6 Å². The van der Waals surface area contributed by atoms with Crippen LogP contribution in [0.3, 0.4) is 0 Å². The Morgan fingerprint density at radius 2 is 1.77 bits per heavy atom. The number of rotatable bonds is 8. The summed E-state index contributed by atoms with van der Waals surface area (Å²) in [7, 11) is 1.71. The summed E-state index contributed by atoms with van der Waals surface area (Å²) in [5.41, 5.74) is 3.76. The van der Waals surface area contributed by atoms with Gasteiger partial charge >= 0.3 is 0 Å². The maximum Gasteiger partial charge on any atom is 0.191 e. The van der Waals surface area contributed by atoms with Crippen LogP contribution < -0.4 is 10.6 Å². The van der Waals surface area contributed by atoms with E-state index >= 15 is 0 Å². The van der Waals surface area contributed by atoms with E-state index in [4.69, 9.17) is 0 Å². The van der Waals surface area contributed by atoms with Crippen LogP contribution in [0.25, 0.3) is 5.69 Å². The average Bonchev–Trinajstić information content (AvgIpc) is 3.21. The summed E-state index contributed by atoms with van der Waals surface area (Å²) in [6.45, 7) is 1.22. The number of nitrogens with one attached hydrogen (secondary N) is 2. The molecular formula is C22H26F2IN5S. The maximum atomic E-state index is 13.5. The molecule has 0 aliphatic rings.